The number of rotatable bonds is 5. The van der Waals surface area contributed by atoms with Crippen LogP contribution >= 0.6 is 0 Å². The average Bonchev–Trinajstić information content (AvgIpc) is 2.48. The van der Waals surface area contributed by atoms with Gasteiger partial charge in [-0.3, -0.25) is 0 Å². The second kappa shape index (κ2) is 7.66. The molecule has 1 aliphatic rings. The van der Waals surface area contributed by atoms with Crippen LogP contribution in [0.15, 0.2) is 36.9 Å². The van der Waals surface area contributed by atoms with Gasteiger partial charge in [0.1, 0.15) is 12.4 Å². The molecular weight excluding hydrogens is 270 g/mol. The number of amides is 2. The van der Waals surface area contributed by atoms with Gasteiger partial charge in [0.05, 0.1) is 12.1 Å². The minimum Gasteiger partial charge on any atom is -0.489 e. The fraction of sp³-hybridized carbons (Fsp3) is 0.400. The maximum absolute atomic E-state index is 11.9. The summed E-state index contributed by atoms with van der Waals surface area (Å²) in [5, 5.41) is 18.4. The zero-order valence-corrected chi connectivity index (χ0v) is 11.8. The molecule has 6 nitrogen and oxygen atoms in total. The molecule has 1 saturated heterocycles. The van der Waals surface area contributed by atoms with Crippen LogP contribution in [0.1, 0.15) is 6.42 Å². The van der Waals surface area contributed by atoms with Crippen molar-refractivity contribution in [2.75, 3.05) is 25.0 Å². The molecule has 0 bridgehead atoms. The first-order chi connectivity index (χ1) is 10.2. The zero-order chi connectivity index (χ0) is 15.1. The topological polar surface area (TPSA) is 82.6 Å². The van der Waals surface area contributed by atoms with Crippen molar-refractivity contribution in [3.63, 3.8) is 0 Å². The number of hydrogen-bond acceptors (Lipinski definition) is 4. The molecule has 1 heterocycles. The number of aliphatic hydroxyl groups is 1. The highest BCUT2D eigenvalue weighted by molar-refractivity contribution is 5.89. The normalized spacial score (nSPS) is 21.4. The summed E-state index contributed by atoms with van der Waals surface area (Å²) in [6.07, 6.45) is 1.78. The van der Waals surface area contributed by atoms with Gasteiger partial charge in [-0.1, -0.05) is 18.7 Å². The van der Waals surface area contributed by atoms with E-state index in [1.165, 1.54) is 0 Å². The van der Waals surface area contributed by atoms with Crippen molar-refractivity contribution >= 4 is 11.7 Å². The SMILES string of the molecule is C=CCOc1cccc(NC(=O)N[C@@H]2CNCC[C@H]2O)c1. The molecule has 0 radical (unpaired) electrons. The van der Waals surface area contributed by atoms with Crippen LogP contribution in [0.2, 0.25) is 0 Å². The Morgan fingerprint density at radius 3 is 3.19 bits per heavy atom. The molecule has 2 atom stereocenters. The molecule has 4 N–H and O–H groups in total. The van der Waals surface area contributed by atoms with Gasteiger partial charge in [0.25, 0.3) is 0 Å². The third kappa shape index (κ3) is 4.77. The Labute approximate surface area is 124 Å². The van der Waals surface area contributed by atoms with E-state index in [0.717, 1.165) is 6.54 Å². The van der Waals surface area contributed by atoms with Gasteiger partial charge in [-0.15, -0.1) is 0 Å². The van der Waals surface area contributed by atoms with E-state index >= 15 is 0 Å². The van der Waals surface area contributed by atoms with Gasteiger partial charge in [-0.05, 0) is 25.1 Å². The van der Waals surface area contributed by atoms with Crippen LogP contribution in [0, 0.1) is 0 Å². The summed E-state index contributed by atoms with van der Waals surface area (Å²) >= 11 is 0. The van der Waals surface area contributed by atoms with Crippen LogP contribution in [0.4, 0.5) is 10.5 Å². The second-order valence-corrected chi connectivity index (χ2v) is 4.89. The minimum atomic E-state index is -0.515. The molecule has 0 saturated carbocycles. The largest absolute Gasteiger partial charge is 0.489 e. The number of urea groups is 1. The lowest BCUT2D eigenvalue weighted by molar-refractivity contribution is 0.103. The van der Waals surface area contributed by atoms with Crippen molar-refractivity contribution in [2.45, 2.75) is 18.6 Å². The third-order valence-corrected chi connectivity index (χ3v) is 3.22. The Morgan fingerprint density at radius 1 is 1.57 bits per heavy atom. The lowest BCUT2D eigenvalue weighted by Crippen LogP contribution is -2.54. The molecule has 2 amide bonds. The highest BCUT2D eigenvalue weighted by Gasteiger charge is 2.24. The monoisotopic (exact) mass is 291 g/mol. The number of piperidine rings is 1. The van der Waals surface area contributed by atoms with Gasteiger partial charge >= 0.3 is 6.03 Å². The Bertz CT molecular complexity index is 493. The average molecular weight is 291 g/mol. The van der Waals surface area contributed by atoms with Gasteiger partial charge < -0.3 is 25.8 Å². The van der Waals surface area contributed by atoms with Gasteiger partial charge in [-0.25, -0.2) is 4.79 Å². The predicted molar refractivity (Wildman–Crippen MR) is 81.6 cm³/mol. The van der Waals surface area contributed by atoms with Gasteiger partial charge in [0.15, 0.2) is 0 Å². The van der Waals surface area contributed by atoms with Gasteiger partial charge in [0, 0.05) is 18.3 Å². The molecule has 1 aromatic rings. The van der Waals surface area contributed by atoms with Crippen molar-refractivity contribution in [1.29, 1.82) is 0 Å². The highest BCUT2D eigenvalue weighted by atomic mass is 16.5. The fourth-order valence-electron chi connectivity index (χ4n) is 2.15. The Kier molecular flexibility index (Phi) is 5.59. The maximum atomic E-state index is 11.9. The van der Waals surface area contributed by atoms with Crippen LogP contribution in [0.3, 0.4) is 0 Å². The number of ether oxygens (including phenoxy) is 1. The van der Waals surface area contributed by atoms with Crippen LogP contribution in [-0.4, -0.2) is 43.0 Å². The maximum Gasteiger partial charge on any atom is 0.319 e. The van der Waals surface area contributed by atoms with E-state index in [-0.39, 0.29) is 12.1 Å². The standard InChI is InChI=1S/C15H21N3O3/c1-2-8-21-12-5-3-4-11(9-12)17-15(20)18-13-10-16-7-6-14(13)19/h2-5,9,13-14,16,19H,1,6-8,10H2,(H2,17,18,20)/t13-,14-/m1/s1. The lowest BCUT2D eigenvalue weighted by Gasteiger charge is -2.29. The predicted octanol–water partition coefficient (Wildman–Crippen LogP) is 1.10. The molecular formula is C15H21N3O3. The smallest absolute Gasteiger partial charge is 0.319 e. The second-order valence-electron chi connectivity index (χ2n) is 4.89. The van der Waals surface area contributed by atoms with E-state index in [0.29, 0.717) is 31.0 Å². The number of anilines is 1. The number of benzene rings is 1. The molecule has 0 unspecified atom stereocenters. The molecule has 21 heavy (non-hydrogen) atoms. The number of carbonyl (C=O) groups is 1. The third-order valence-electron chi connectivity index (χ3n) is 3.22. The van der Waals surface area contributed by atoms with Crippen LogP contribution in [0.25, 0.3) is 0 Å². The van der Waals surface area contributed by atoms with Gasteiger partial charge in [0.2, 0.25) is 0 Å². The van der Waals surface area contributed by atoms with E-state index in [4.69, 9.17) is 4.74 Å². The summed E-state index contributed by atoms with van der Waals surface area (Å²) in [7, 11) is 0. The summed E-state index contributed by atoms with van der Waals surface area (Å²) in [5.74, 6) is 0.659. The molecule has 0 spiro atoms. The van der Waals surface area contributed by atoms with E-state index in [9.17, 15) is 9.90 Å². The zero-order valence-electron chi connectivity index (χ0n) is 11.8. The highest BCUT2D eigenvalue weighted by Crippen LogP contribution is 2.17. The fourth-order valence-corrected chi connectivity index (χ4v) is 2.15. The van der Waals surface area contributed by atoms with E-state index < -0.39 is 6.10 Å². The molecule has 1 fully saturated rings. The molecule has 0 aliphatic carbocycles. The molecule has 2 rings (SSSR count). The van der Waals surface area contributed by atoms with Crippen LogP contribution < -0.4 is 20.7 Å². The van der Waals surface area contributed by atoms with E-state index in [1.807, 2.05) is 0 Å². The first kappa shape index (κ1) is 15.3. The van der Waals surface area contributed by atoms with Crippen molar-refractivity contribution in [3.8, 4) is 5.75 Å². The van der Waals surface area contributed by atoms with Crippen molar-refractivity contribution in [1.82, 2.24) is 10.6 Å². The summed E-state index contributed by atoms with van der Waals surface area (Å²) in [5.41, 5.74) is 0.632. The summed E-state index contributed by atoms with van der Waals surface area (Å²) in [6.45, 7) is 5.33. The minimum absolute atomic E-state index is 0.279. The molecule has 1 aromatic carbocycles. The molecule has 6 heteroatoms. The molecule has 1 aliphatic heterocycles. The van der Waals surface area contributed by atoms with Crippen LogP contribution in [0.5, 0.6) is 5.75 Å². The Morgan fingerprint density at radius 2 is 2.43 bits per heavy atom. The lowest BCUT2D eigenvalue weighted by atomic mass is 10.0. The van der Waals surface area contributed by atoms with Crippen molar-refractivity contribution in [2.24, 2.45) is 0 Å². The summed E-state index contributed by atoms with van der Waals surface area (Å²) < 4.78 is 5.40. The van der Waals surface area contributed by atoms with E-state index in [1.54, 1.807) is 30.3 Å². The van der Waals surface area contributed by atoms with Gasteiger partial charge in [-0.2, -0.15) is 0 Å². The van der Waals surface area contributed by atoms with Crippen LogP contribution in [-0.2, 0) is 0 Å². The quantitative estimate of drug-likeness (QED) is 0.612. The number of carbonyl (C=O) groups excluding carboxylic acids is 1. The first-order valence-electron chi connectivity index (χ1n) is 6.99. The summed E-state index contributed by atoms with van der Waals surface area (Å²) in [4.78, 5) is 11.9. The number of aliphatic hydroxyl groups excluding tert-OH is 1. The Hall–Kier alpha value is -2.05. The van der Waals surface area contributed by atoms with Crippen molar-refractivity contribution < 1.29 is 14.6 Å². The molecule has 0 aromatic heterocycles. The van der Waals surface area contributed by atoms with Crippen molar-refractivity contribution in [3.05, 3.63) is 36.9 Å². The number of hydrogen-bond donors (Lipinski definition) is 4. The van der Waals surface area contributed by atoms with E-state index in [2.05, 4.69) is 22.5 Å². The molecule has 114 valence electrons. The Balaban J connectivity index is 1.88. The summed E-state index contributed by atoms with van der Waals surface area (Å²) in [6, 6.07) is 6.49. The first-order valence-corrected chi connectivity index (χ1v) is 6.99. The number of nitrogens with one attached hydrogen (secondary N) is 3.